The van der Waals surface area contributed by atoms with Crippen LogP contribution in [0.4, 0.5) is 0 Å². The molecular formula is C19H35N3O3. The number of rotatable bonds is 13. The lowest BCUT2D eigenvalue weighted by Gasteiger charge is -2.45. The number of nitrogens with one attached hydrogen (secondary N) is 1. The predicted molar refractivity (Wildman–Crippen MR) is 98.4 cm³/mol. The molecule has 1 unspecified atom stereocenters. The molecule has 1 saturated carbocycles. The van der Waals surface area contributed by atoms with Gasteiger partial charge in [-0.1, -0.05) is 46.0 Å². The van der Waals surface area contributed by atoms with Crippen molar-refractivity contribution >= 4 is 17.7 Å². The largest absolute Gasteiger partial charge is 0.370 e. The van der Waals surface area contributed by atoms with Gasteiger partial charge in [-0.3, -0.25) is 14.4 Å². The zero-order valence-electron chi connectivity index (χ0n) is 15.8. The van der Waals surface area contributed by atoms with Crippen molar-refractivity contribution in [1.29, 1.82) is 0 Å². The van der Waals surface area contributed by atoms with E-state index in [-0.39, 0.29) is 12.3 Å². The van der Waals surface area contributed by atoms with Crippen molar-refractivity contribution < 1.29 is 14.4 Å². The molecule has 0 aromatic rings. The molecule has 0 bridgehead atoms. The molecule has 0 aromatic carbocycles. The van der Waals surface area contributed by atoms with E-state index in [0.29, 0.717) is 11.8 Å². The number of carbonyl (C=O) groups excluding carboxylic acids is 3. The molecule has 0 spiro atoms. The van der Waals surface area contributed by atoms with E-state index in [0.717, 1.165) is 25.2 Å². The van der Waals surface area contributed by atoms with Crippen LogP contribution < -0.4 is 16.8 Å². The van der Waals surface area contributed by atoms with Gasteiger partial charge < -0.3 is 16.8 Å². The number of unbranched alkanes of at least 4 members (excludes halogenated alkanes) is 5. The van der Waals surface area contributed by atoms with E-state index >= 15 is 0 Å². The Hall–Kier alpha value is -1.59. The normalized spacial score (nSPS) is 19.7. The van der Waals surface area contributed by atoms with Gasteiger partial charge >= 0.3 is 0 Å². The van der Waals surface area contributed by atoms with Crippen LogP contribution in [0.2, 0.25) is 0 Å². The summed E-state index contributed by atoms with van der Waals surface area (Å²) in [5, 5.41) is 2.48. The molecule has 0 aromatic heterocycles. The van der Waals surface area contributed by atoms with Crippen molar-refractivity contribution in [2.45, 2.75) is 90.5 Å². The number of carbonyl (C=O) groups is 3. The first-order valence-electron chi connectivity index (χ1n) is 9.59. The smallest absolute Gasteiger partial charge is 0.240 e. The third-order valence-electron chi connectivity index (χ3n) is 5.53. The van der Waals surface area contributed by atoms with Gasteiger partial charge in [0.1, 0.15) is 6.04 Å². The monoisotopic (exact) mass is 353 g/mol. The van der Waals surface area contributed by atoms with Gasteiger partial charge in [-0.2, -0.15) is 0 Å². The highest BCUT2D eigenvalue weighted by atomic mass is 16.2. The fourth-order valence-corrected chi connectivity index (χ4v) is 3.53. The van der Waals surface area contributed by atoms with Gasteiger partial charge in [0.05, 0.1) is 6.42 Å². The maximum absolute atomic E-state index is 11.8. The standard InChI is InChI=1S/C19H35N3O3/c1-19(2)12-11-14(19)9-7-5-3-4-6-8-10-17(24)22-15(18(21)25)13-16(20)23/h14-15H,3-13H2,1-2H3,(H2,20,23)(H2,21,25)(H,22,24)/t14?,15-/m1/s1. The minimum absolute atomic E-state index is 0.251. The highest BCUT2D eigenvalue weighted by Gasteiger charge is 2.37. The molecule has 1 aliphatic carbocycles. The summed E-state index contributed by atoms with van der Waals surface area (Å²) in [7, 11) is 0. The topological polar surface area (TPSA) is 115 Å². The molecule has 25 heavy (non-hydrogen) atoms. The molecule has 3 amide bonds. The predicted octanol–water partition coefficient (Wildman–Crippen LogP) is 2.39. The average Bonchev–Trinajstić information content (AvgIpc) is 2.51. The van der Waals surface area contributed by atoms with E-state index in [4.69, 9.17) is 11.5 Å². The lowest BCUT2D eigenvalue weighted by atomic mass is 9.61. The Balaban J connectivity index is 2.00. The second-order valence-electron chi connectivity index (χ2n) is 8.08. The van der Waals surface area contributed by atoms with Crippen molar-refractivity contribution in [2.75, 3.05) is 0 Å². The molecule has 0 saturated heterocycles. The van der Waals surface area contributed by atoms with E-state index in [2.05, 4.69) is 19.2 Å². The van der Waals surface area contributed by atoms with Crippen LogP contribution in [0, 0.1) is 11.3 Å². The van der Waals surface area contributed by atoms with E-state index in [1.54, 1.807) is 0 Å². The molecule has 0 aliphatic heterocycles. The third-order valence-corrected chi connectivity index (χ3v) is 5.53. The SMILES string of the molecule is CC1(C)CCC1CCCCCCCCC(=O)N[C@H](CC(N)=O)C(N)=O. The maximum Gasteiger partial charge on any atom is 0.240 e. The second-order valence-corrected chi connectivity index (χ2v) is 8.08. The van der Waals surface area contributed by atoms with E-state index in [9.17, 15) is 14.4 Å². The van der Waals surface area contributed by atoms with Crippen molar-refractivity contribution in [3.63, 3.8) is 0 Å². The van der Waals surface area contributed by atoms with Crippen LogP contribution in [0.25, 0.3) is 0 Å². The van der Waals surface area contributed by atoms with Crippen molar-refractivity contribution in [1.82, 2.24) is 5.32 Å². The molecule has 144 valence electrons. The highest BCUT2D eigenvalue weighted by Crippen LogP contribution is 2.48. The summed E-state index contributed by atoms with van der Waals surface area (Å²) in [6, 6.07) is -0.999. The van der Waals surface area contributed by atoms with Gasteiger partial charge in [0.15, 0.2) is 0 Å². The van der Waals surface area contributed by atoms with Crippen LogP contribution in [0.3, 0.4) is 0 Å². The van der Waals surface area contributed by atoms with E-state index in [1.165, 1.54) is 38.5 Å². The van der Waals surface area contributed by atoms with Gasteiger partial charge in [0, 0.05) is 6.42 Å². The summed E-state index contributed by atoms with van der Waals surface area (Å²) in [4.78, 5) is 33.8. The Bertz CT molecular complexity index is 463. The number of hydrogen-bond donors (Lipinski definition) is 3. The second kappa shape index (κ2) is 10.4. The van der Waals surface area contributed by atoms with Gasteiger partial charge in [-0.25, -0.2) is 0 Å². The van der Waals surface area contributed by atoms with Crippen LogP contribution in [0.1, 0.15) is 84.5 Å². The molecule has 0 heterocycles. The Morgan fingerprint density at radius 1 is 1.04 bits per heavy atom. The van der Waals surface area contributed by atoms with Crippen LogP contribution in [0.5, 0.6) is 0 Å². The Morgan fingerprint density at radius 3 is 2.12 bits per heavy atom. The van der Waals surface area contributed by atoms with E-state index < -0.39 is 17.9 Å². The van der Waals surface area contributed by atoms with Gasteiger partial charge in [0.25, 0.3) is 0 Å². The Morgan fingerprint density at radius 2 is 1.64 bits per heavy atom. The molecule has 1 rings (SSSR count). The van der Waals surface area contributed by atoms with Gasteiger partial charge in [-0.05, 0) is 37.0 Å². The van der Waals surface area contributed by atoms with Crippen LogP contribution in [-0.2, 0) is 14.4 Å². The first kappa shape index (κ1) is 21.5. The number of nitrogens with two attached hydrogens (primary N) is 2. The third kappa shape index (κ3) is 8.36. The summed E-state index contributed by atoms with van der Waals surface area (Å²) < 4.78 is 0. The number of primary amides is 2. The lowest BCUT2D eigenvalue weighted by Crippen LogP contribution is -2.46. The molecule has 1 fully saturated rings. The fraction of sp³-hybridized carbons (Fsp3) is 0.842. The quantitative estimate of drug-likeness (QED) is 0.441. The summed E-state index contributed by atoms with van der Waals surface area (Å²) in [6.45, 7) is 4.75. The zero-order chi connectivity index (χ0) is 18.9. The molecular weight excluding hydrogens is 318 g/mol. The Labute approximate surface area is 151 Å². The molecule has 5 N–H and O–H groups in total. The first-order chi connectivity index (χ1) is 11.7. The maximum atomic E-state index is 11.8. The summed E-state index contributed by atoms with van der Waals surface area (Å²) in [6.07, 6.45) is 10.9. The molecule has 6 heteroatoms. The van der Waals surface area contributed by atoms with Crippen LogP contribution in [0.15, 0.2) is 0 Å². The Kier molecular flexibility index (Phi) is 8.93. The van der Waals surface area contributed by atoms with Gasteiger partial charge in [0.2, 0.25) is 17.7 Å². The zero-order valence-corrected chi connectivity index (χ0v) is 15.8. The van der Waals surface area contributed by atoms with Crippen LogP contribution in [-0.4, -0.2) is 23.8 Å². The van der Waals surface area contributed by atoms with Gasteiger partial charge in [-0.15, -0.1) is 0 Å². The molecule has 0 radical (unpaired) electrons. The number of hydrogen-bond acceptors (Lipinski definition) is 3. The molecule has 6 nitrogen and oxygen atoms in total. The fourth-order valence-electron chi connectivity index (χ4n) is 3.53. The van der Waals surface area contributed by atoms with Crippen LogP contribution >= 0.6 is 0 Å². The number of amides is 3. The first-order valence-corrected chi connectivity index (χ1v) is 9.59. The van der Waals surface area contributed by atoms with E-state index in [1.807, 2.05) is 0 Å². The minimum Gasteiger partial charge on any atom is -0.370 e. The van der Waals surface area contributed by atoms with Crippen molar-refractivity contribution in [3.8, 4) is 0 Å². The highest BCUT2D eigenvalue weighted by molar-refractivity contribution is 5.90. The minimum atomic E-state index is -0.999. The average molecular weight is 354 g/mol. The van der Waals surface area contributed by atoms with Crippen molar-refractivity contribution in [2.24, 2.45) is 22.8 Å². The summed E-state index contributed by atoms with van der Waals surface area (Å²) in [5.74, 6) is -0.733. The molecule has 2 atom stereocenters. The molecule has 1 aliphatic rings. The lowest BCUT2D eigenvalue weighted by molar-refractivity contribution is -0.129. The van der Waals surface area contributed by atoms with Crippen molar-refractivity contribution in [3.05, 3.63) is 0 Å². The summed E-state index contributed by atoms with van der Waals surface area (Å²) in [5.41, 5.74) is 10.7. The summed E-state index contributed by atoms with van der Waals surface area (Å²) >= 11 is 0.